The molecule has 5 heteroatoms. The first-order valence-corrected chi connectivity index (χ1v) is 6.48. The van der Waals surface area contributed by atoms with E-state index in [-0.39, 0.29) is 5.91 Å². The molecule has 94 valence electrons. The molecular weight excluding hydrogens is 246 g/mol. The first-order valence-electron chi connectivity index (χ1n) is 5.66. The van der Waals surface area contributed by atoms with Gasteiger partial charge in [-0.3, -0.25) is 4.79 Å². The van der Waals surface area contributed by atoms with Gasteiger partial charge in [-0.1, -0.05) is 0 Å². The van der Waals surface area contributed by atoms with Crippen molar-refractivity contribution < 1.29 is 4.79 Å². The molecule has 0 bridgehead atoms. The summed E-state index contributed by atoms with van der Waals surface area (Å²) < 4.78 is 0. The average Bonchev–Trinajstić information content (AvgIpc) is 2.82. The lowest BCUT2D eigenvalue weighted by Crippen LogP contribution is -2.17. The largest absolute Gasteiger partial charge is 0.380 e. The van der Waals surface area contributed by atoms with Gasteiger partial charge in [-0.05, 0) is 31.2 Å². The van der Waals surface area contributed by atoms with Crippen molar-refractivity contribution >= 4 is 22.9 Å². The van der Waals surface area contributed by atoms with Crippen LogP contribution in [0.15, 0.2) is 30.5 Å². The van der Waals surface area contributed by atoms with Crippen LogP contribution in [0.2, 0.25) is 0 Å². The summed E-state index contributed by atoms with van der Waals surface area (Å²) in [4.78, 5) is 16.8. The van der Waals surface area contributed by atoms with Gasteiger partial charge in [-0.15, -0.1) is 11.3 Å². The van der Waals surface area contributed by atoms with Gasteiger partial charge in [0.15, 0.2) is 0 Å². The van der Waals surface area contributed by atoms with Crippen molar-refractivity contribution in [1.29, 1.82) is 0 Å². The molecule has 2 aromatic rings. The lowest BCUT2D eigenvalue weighted by atomic mass is 10.2. The third-order valence-corrected chi connectivity index (χ3v) is 3.42. The molecule has 0 saturated carbocycles. The maximum Gasteiger partial charge on any atom is 0.251 e. The number of anilines is 1. The summed E-state index contributed by atoms with van der Waals surface area (Å²) >= 11 is 1.68. The van der Waals surface area contributed by atoms with E-state index in [1.165, 1.54) is 4.88 Å². The number of nitrogens with one attached hydrogen (secondary N) is 2. The van der Waals surface area contributed by atoms with Crippen LogP contribution in [0.4, 0.5) is 5.69 Å². The smallest absolute Gasteiger partial charge is 0.251 e. The van der Waals surface area contributed by atoms with Crippen molar-refractivity contribution in [3.05, 3.63) is 45.9 Å². The number of nitrogens with zero attached hydrogens (tertiary/aromatic N) is 1. The van der Waals surface area contributed by atoms with E-state index in [1.54, 1.807) is 30.5 Å². The molecule has 4 nitrogen and oxygen atoms in total. The monoisotopic (exact) mass is 261 g/mol. The number of benzene rings is 1. The Morgan fingerprint density at radius 2 is 2.06 bits per heavy atom. The number of aromatic nitrogens is 1. The van der Waals surface area contributed by atoms with Gasteiger partial charge >= 0.3 is 0 Å². The number of hydrogen-bond donors (Lipinski definition) is 2. The molecule has 0 aliphatic rings. The average molecular weight is 261 g/mol. The molecule has 0 saturated heterocycles. The Bertz CT molecular complexity index is 533. The van der Waals surface area contributed by atoms with Crippen LogP contribution in [0.3, 0.4) is 0 Å². The highest BCUT2D eigenvalue weighted by atomic mass is 32.1. The molecule has 0 spiro atoms. The molecule has 0 fully saturated rings. The predicted octanol–water partition coefficient (Wildman–Crippen LogP) is 2.42. The number of thiazole rings is 1. The molecule has 1 aromatic heterocycles. The topological polar surface area (TPSA) is 54.0 Å². The lowest BCUT2D eigenvalue weighted by Gasteiger charge is -2.05. The van der Waals surface area contributed by atoms with Gasteiger partial charge in [0.25, 0.3) is 5.91 Å². The summed E-state index contributed by atoms with van der Waals surface area (Å²) in [5, 5.41) is 6.96. The fraction of sp³-hybridized carbons (Fsp3) is 0.231. The van der Waals surface area contributed by atoms with E-state index >= 15 is 0 Å². The fourth-order valence-electron chi connectivity index (χ4n) is 1.56. The van der Waals surface area contributed by atoms with Crippen LogP contribution in [0.1, 0.15) is 20.2 Å². The summed E-state index contributed by atoms with van der Waals surface area (Å²) in [6, 6.07) is 7.41. The van der Waals surface area contributed by atoms with Crippen LogP contribution in [-0.2, 0) is 6.54 Å². The Balaban J connectivity index is 1.96. The molecule has 0 atom stereocenters. The van der Waals surface area contributed by atoms with Gasteiger partial charge in [0.2, 0.25) is 0 Å². The Kier molecular flexibility index (Phi) is 3.94. The predicted molar refractivity (Wildman–Crippen MR) is 74.0 cm³/mol. The number of aryl methyl sites for hydroxylation is 1. The zero-order valence-corrected chi connectivity index (χ0v) is 11.2. The maximum absolute atomic E-state index is 11.4. The normalized spacial score (nSPS) is 10.1. The van der Waals surface area contributed by atoms with E-state index in [0.29, 0.717) is 5.56 Å². The second-order valence-electron chi connectivity index (χ2n) is 3.86. The highest BCUT2D eigenvalue weighted by Gasteiger charge is 2.02. The molecule has 2 rings (SSSR count). The van der Waals surface area contributed by atoms with Crippen molar-refractivity contribution in [3.8, 4) is 0 Å². The van der Waals surface area contributed by atoms with Crippen LogP contribution < -0.4 is 10.6 Å². The Labute approximate surface area is 110 Å². The van der Waals surface area contributed by atoms with E-state index in [0.717, 1.165) is 17.2 Å². The third kappa shape index (κ3) is 3.07. The van der Waals surface area contributed by atoms with Crippen molar-refractivity contribution in [1.82, 2.24) is 10.3 Å². The zero-order valence-electron chi connectivity index (χ0n) is 10.4. The molecule has 2 N–H and O–H groups in total. The van der Waals surface area contributed by atoms with E-state index in [2.05, 4.69) is 15.6 Å². The van der Waals surface area contributed by atoms with Gasteiger partial charge in [-0.2, -0.15) is 0 Å². The quantitative estimate of drug-likeness (QED) is 0.888. The van der Waals surface area contributed by atoms with Crippen molar-refractivity contribution in [3.63, 3.8) is 0 Å². The molecule has 0 unspecified atom stereocenters. The Morgan fingerprint density at radius 1 is 1.33 bits per heavy atom. The van der Waals surface area contributed by atoms with Crippen molar-refractivity contribution in [2.24, 2.45) is 0 Å². The van der Waals surface area contributed by atoms with Gasteiger partial charge in [0.1, 0.15) is 0 Å². The van der Waals surface area contributed by atoms with Gasteiger partial charge in [0, 0.05) is 29.4 Å². The van der Waals surface area contributed by atoms with Crippen LogP contribution in [0, 0.1) is 6.92 Å². The zero-order chi connectivity index (χ0) is 13.0. The number of amides is 1. The summed E-state index contributed by atoms with van der Waals surface area (Å²) in [5.74, 6) is -0.0698. The van der Waals surface area contributed by atoms with Crippen molar-refractivity contribution in [2.75, 3.05) is 12.4 Å². The number of carbonyl (C=O) groups excluding carboxylic acids is 1. The summed E-state index contributed by atoms with van der Waals surface area (Å²) in [6.07, 6.45) is 1.88. The second-order valence-corrected chi connectivity index (χ2v) is 5.17. The highest BCUT2D eigenvalue weighted by molar-refractivity contribution is 7.11. The molecule has 1 aromatic carbocycles. The van der Waals surface area contributed by atoms with Crippen LogP contribution in [0.5, 0.6) is 0 Å². The Hall–Kier alpha value is -1.88. The maximum atomic E-state index is 11.4. The van der Waals surface area contributed by atoms with Crippen molar-refractivity contribution in [2.45, 2.75) is 13.5 Å². The molecular formula is C13H15N3OS. The van der Waals surface area contributed by atoms with Crippen LogP contribution >= 0.6 is 11.3 Å². The van der Waals surface area contributed by atoms with Gasteiger partial charge in [0.05, 0.1) is 11.6 Å². The number of rotatable bonds is 4. The van der Waals surface area contributed by atoms with E-state index in [9.17, 15) is 4.79 Å². The molecule has 1 amide bonds. The SMILES string of the molecule is CNC(=O)c1ccc(NCc2cnc(C)s2)cc1. The minimum atomic E-state index is -0.0698. The van der Waals surface area contributed by atoms with Gasteiger partial charge < -0.3 is 10.6 Å². The molecule has 0 aliphatic carbocycles. The highest BCUT2D eigenvalue weighted by Crippen LogP contribution is 2.15. The number of carbonyl (C=O) groups is 1. The van der Waals surface area contributed by atoms with Gasteiger partial charge in [-0.25, -0.2) is 4.98 Å². The summed E-state index contributed by atoms with van der Waals surface area (Å²) in [6.45, 7) is 2.75. The molecule has 0 radical (unpaired) electrons. The van der Waals surface area contributed by atoms with E-state index in [4.69, 9.17) is 0 Å². The van der Waals surface area contributed by atoms with E-state index in [1.807, 2.05) is 25.3 Å². The summed E-state index contributed by atoms with van der Waals surface area (Å²) in [7, 11) is 1.63. The van der Waals surface area contributed by atoms with E-state index < -0.39 is 0 Å². The molecule has 1 heterocycles. The number of hydrogen-bond acceptors (Lipinski definition) is 4. The standard InChI is InChI=1S/C13H15N3OS/c1-9-15-7-12(18-9)8-16-11-5-3-10(4-6-11)13(17)14-2/h3-7,16H,8H2,1-2H3,(H,14,17). The fourth-order valence-corrected chi connectivity index (χ4v) is 2.29. The molecule has 18 heavy (non-hydrogen) atoms. The first kappa shape index (κ1) is 12.6. The third-order valence-electron chi connectivity index (χ3n) is 2.51. The van der Waals surface area contributed by atoms with Crippen LogP contribution in [0.25, 0.3) is 0 Å². The second kappa shape index (κ2) is 5.64. The molecule has 0 aliphatic heterocycles. The van der Waals surface area contributed by atoms with Crippen LogP contribution in [-0.4, -0.2) is 17.9 Å². The minimum absolute atomic E-state index is 0.0698. The summed E-state index contributed by atoms with van der Waals surface area (Å²) in [5.41, 5.74) is 1.66. The minimum Gasteiger partial charge on any atom is -0.380 e. The first-order chi connectivity index (χ1) is 8.69. The lowest BCUT2D eigenvalue weighted by molar-refractivity contribution is 0.0963. The Morgan fingerprint density at radius 3 is 2.61 bits per heavy atom.